The number of methoxy groups -OCH3 is 1. The van der Waals surface area contributed by atoms with Gasteiger partial charge in [-0.05, 0) is 49.1 Å². The van der Waals surface area contributed by atoms with E-state index in [1.807, 2.05) is 0 Å². The van der Waals surface area contributed by atoms with Crippen molar-refractivity contribution in [3.05, 3.63) is 41.0 Å². The average Bonchev–Trinajstić information content (AvgIpc) is 3.15. The zero-order valence-corrected chi connectivity index (χ0v) is 14.9. The number of rotatable bonds is 5. The third kappa shape index (κ3) is 3.13. The number of thiophene rings is 1. The number of aryl methyl sites for hydroxylation is 2. The van der Waals surface area contributed by atoms with Crippen LogP contribution in [0.1, 0.15) is 11.4 Å². The lowest BCUT2D eigenvalue weighted by Crippen LogP contribution is -2.13. The molecule has 0 amide bonds. The number of aromatic nitrogens is 2. The smallest absolute Gasteiger partial charge is 0.270 e. The molecule has 7 nitrogen and oxygen atoms in total. The van der Waals surface area contributed by atoms with Gasteiger partial charge in [0.05, 0.1) is 17.7 Å². The maximum atomic E-state index is 12.6. The Hall–Kier alpha value is -2.39. The Morgan fingerprint density at radius 1 is 1.25 bits per heavy atom. The van der Waals surface area contributed by atoms with Gasteiger partial charge in [-0.2, -0.15) is 4.98 Å². The molecule has 2 heterocycles. The number of nitrogens with zero attached hydrogens (tertiary/aromatic N) is 2. The molecule has 3 aromatic rings. The quantitative estimate of drug-likeness (QED) is 0.746. The van der Waals surface area contributed by atoms with Crippen LogP contribution < -0.4 is 9.46 Å². The van der Waals surface area contributed by atoms with Gasteiger partial charge in [0.15, 0.2) is 5.82 Å². The van der Waals surface area contributed by atoms with Crippen molar-refractivity contribution in [1.29, 1.82) is 0 Å². The van der Waals surface area contributed by atoms with Gasteiger partial charge in [-0.15, -0.1) is 11.3 Å². The van der Waals surface area contributed by atoms with Crippen molar-refractivity contribution < 1.29 is 17.7 Å². The Kier molecular flexibility index (Phi) is 4.29. The fourth-order valence-electron chi connectivity index (χ4n) is 2.17. The van der Waals surface area contributed by atoms with E-state index < -0.39 is 10.0 Å². The summed E-state index contributed by atoms with van der Waals surface area (Å²) in [5, 5.41) is 5.48. The molecule has 126 valence electrons. The first-order chi connectivity index (χ1) is 11.4. The molecule has 0 aliphatic heterocycles. The van der Waals surface area contributed by atoms with E-state index in [0.29, 0.717) is 22.1 Å². The van der Waals surface area contributed by atoms with Gasteiger partial charge in [0.25, 0.3) is 15.9 Å². The molecule has 0 atom stereocenters. The fraction of sp³-hybridized carbons (Fsp3) is 0.200. The van der Waals surface area contributed by atoms with Crippen LogP contribution in [-0.4, -0.2) is 25.7 Å². The highest BCUT2D eigenvalue weighted by Gasteiger charge is 2.20. The maximum absolute atomic E-state index is 12.6. The first-order valence-electron chi connectivity index (χ1n) is 6.96. The normalized spacial score (nSPS) is 11.5. The monoisotopic (exact) mass is 365 g/mol. The summed E-state index contributed by atoms with van der Waals surface area (Å²) in [6.45, 7) is 3.49. The fourth-order valence-corrected chi connectivity index (χ4v) is 4.16. The molecule has 0 spiro atoms. The Morgan fingerprint density at radius 2 is 2.04 bits per heavy atom. The van der Waals surface area contributed by atoms with E-state index in [1.165, 1.54) is 17.4 Å². The third-order valence-electron chi connectivity index (χ3n) is 3.31. The standard InChI is InChI=1S/C15H15N3O4S2/c1-9-8-11(4-5-13(9)21-3)24(19,20)18-12-6-7-23-14(12)15-16-10(2)17-22-15/h4-8,18H,1-3H3. The van der Waals surface area contributed by atoms with E-state index in [2.05, 4.69) is 14.9 Å². The van der Waals surface area contributed by atoms with E-state index in [0.717, 1.165) is 5.56 Å². The van der Waals surface area contributed by atoms with Crippen LogP contribution >= 0.6 is 11.3 Å². The Bertz CT molecular complexity index is 976. The average molecular weight is 365 g/mol. The highest BCUT2D eigenvalue weighted by atomic mass is 32.2. The predicted molar refractivity (Wildman–Crippen MR) is 90.9 cm³/mol. The number of anilines is 1. The molecule has 0 saturated carbocycles. The highest BCUT2D eigenvalue weighted by Crippen LogP contribution is 2.34. The van der Waals surface area contributed by atoms with Gasteiger partial charge in [0, 0.05) is 0 Å². The van der Waals surface area contributed by atoms with E-state index in [1.54, 1.807) is 44.5 Å². The summed E-state index contributed by atoms with van der Waals surface area (Å²) < 4.78 is 38.1. The van der Waals surface area contributed by atoms with Crippen molar-refractivity contribution in [3.8, 4) is 16.5 Å². The lowest BCUT2D eigenvalue weighted by molar-refractivity contribution is 0.411. The van der Waals surface area contributed by atoms with E-state index in [9.17, 15) is 8.42 Å². The van der Waals surface area contributed by atoms with Crippen molar-refractivity contribution in [1.82, 2.24) is 10.1 Å². The van der Waals surface area contributed by atoms with Crippen LogP contribution in [0.5, 0.6) is 5.75 Å². The van der Waals surface area contributed by atoms with Crippen LogP contribution in [0.15, 0.2) is 39.1 Å². The minimum Gasteiger partial charge on any atom is -0.496 e. The first kappa shape index (κ1) is 16.5. The van der Waals surface area contributed by atoms with Crippen LogP contribution in [0, 0.1) is 13.8 Å². The number of nitrogens with one attached hydrogen (secondary N) is 1. The number of hydrogen-bond donors (Lipinski definition) is 1. The van der Waals surface area contributed by atoms with Crippen LogP contribution in [0.2, 0.25) is 0 Å². The summed E-state index contributed by atoms with van der Waals surface area (Å²) in [6.07, 6.45) is 0. The van der Waals surface area contributed by atoms with Crippen molar-refractivity contribution >= 4 is 27.0 Å². The second kappa shape index (κ2) is 6.25. The lowest BCUT2D eigenvalue weighted by atomic mass is 10.2. The molecule has 0 unspecified atom stereocenters. The van der Waals surface area contributed by atoms with Crippen LogP contribution in [0.25, 0.3) is 10.8 Å². The Balaban J connectivity index is 1.94. The van der Waals surface area contributed by atoms with Gasteiger partial charge < -0.3 is 9.26 Å². The molecule has 9 heteroatoms. The van der Waals surface area contributed by atoms with Crippen molar-refractivity contribution in [3.63, 3.8) is 0 Å². The molecule has 0 radical (unpaired) electrons. The Morgan fingerprint density at radius 3 is 2.67 bits per heavy atom. The number of hydrogen-bond acceptors (Lipinski definition) is 7. The summed E-state index contributed by atoms with van der Waals surface area (Å²) in [5.41, 5.74) is 1.13. The molecular weight excluding hydrogens is 350 g/mol. The Labute approximate surface area is 143 Å². The van der Waals surface area contributed by atoms with E-state index >= 15 is 0 Å². The summed E-state index contributed by atoms with van der Waals surface area (Å²) in [7, 11) is -2.20. The second-order valence-electron chi connectivity index (χ2n) is 5.05. The number of ether oxygens (including phenoxy) is 1. The van der Waals surface area contributed by atoms with Crippen molar-refractivity contribution in [2.75, 3.05) is 11.8 Å². The lowest BCUT2D eigenvalue weighted by Gasteiger charge is -2.10. The molecular formula is C15H15N3O4S2. The largest absolute Gasteiger partial charge is 0.496 e. The minimum absolute atomic E-state index is 0.152. The molecule has 3 rings (SSSR count). The molecule has 0 aliphatic carbocycles. The van der Waals surface area contributed by atoms with Crippen LogP contribution in [0.3, 0.4) is 0 Å². The van der Waals surface area contributed by atoms with Gasteiger partial charge in [0.1, 0.15) is 10.6 Å². The SMILES string of the molecule is COc1ccc(S(=O)(=O)Nc2ccsc2-c2nc(C)no2)cc1C. The minimum atomic E-state index is -3.74. The molecule has 1 aromatic carbocycles. The van der Waals surface area contributed by atoms with Crippen LogP contribution in [-0.2, 0) is 10.0 Å². The summed E-state index contributed by atoms with van der Waals surface area (Å²) in [4.78, 5) is 4.86. The maximum Gasteiger partial charge on any atom is 0.270 e. The molecule has 0 bridgehead atoms. The third-order valence-corrected chi connectivity index (χ3v) is 5.57. The van der Waals surface area contributed by atoms with Gasteiger partial charge in [-0.1, -0.05) is 5.16 Å². The van der Waals surface area contributed by atoms with Crippen molar-refractivity contribution in [2.45, 2.75) is 18.7 Å². The summed E-state index contributed by atoms with van der Waals surface area (Å²) in [5.74, 6) is 1.40. The molecule has 2 aromatic heterocycles. The first-order valence-corrected chi connectivity index (χ1v) is 9.32. The van der Waals surface area contributed by atoms with Gasteiger partial charge in [0.2, 0.25) is 0 Å². The highest BCUT2D eigenvalue weighted by molar-refractivity contribution is 7.92. The number of sulfonamides is 1. The predicted octanol–water partition coefficient (Wildman–Crippen LogP) is 3.22. The zero-order chi connectivity index (χ0) is 17.3. The molecule has 0 aliphatic rings. The summed E-state index contributed by atoms with van der Waals surface area (Å²) >= 11 is 1.32. The summed E-state index contributed by atoms with van der Waals surface area (Å²) in [6, 6.07) is 6.34. The topological polar surface area (TPSA) is 94.3 Å². The van der Waals surface area contributed by atoms with Gasteiger partial charge in [-0.3, -0.25) is 4.72 Å². The van der Waals surface area contributed by atoms with Gasteiger partial charge >= 0.3 is 0 Å². The molecule has 24 heavy (non-hydrogen) atoms. The molecule has 0 saturated heterocycles. The van der Waals surface area contributed by atoms with Crippen LogP contribution in [0.4, 0.5) is 5.69 Å². The van der Waals surface area contributed by atoms with Crippen molar-refractivity contribution in [2.24, 2.45) is 0 Å². The second-order valence-corrected chi connectivity index (χ2v) is 7.65. The molecule has 0 fully saturated rings. The zero-order valence-electron chi connectivity index (χ0n) is 13.2. The number of benzene rings is 1. The van der Waals surface area contributed by atoms with Gasteiger partial charge in [-0.25, -0.2) is 8.42 Å². The van der Waals surface area contributed by atoms with E-state index in [-0.39, 0.29) is 10.8 Å². The molecule has 1 N–H and O–H groups in total. The van der Waals surface area contributed by atoms with E-state index in [4.69, 9.17) is 9.26 Å².